The zero-order valence-corrected chi connectivity index (χ0v) is 21.4. The van der Waals surface area contributed by atoms with Crippen molar-refractivity contribution >= 4 is 47.0 Å². The van der Waals surface area contributed by atoms with Gasteiger partial charge in [-0.05, 0) is 72.7 Å². The Morgan fingerprint density at radius 3 is 2.08 bits per heavy atom. The van der Waals surface area contributed by atoms with E-state index in [9.17, 15) is 14.4 Å². The summed E-state index contributed by atoms with van der Waals surface area (Å²) >= 11 is 6.28. The Hall–Kier alpha value is -4.74. The summed E-state index contributed by atoms with van der Waals surface area (Å²) in [6.07, 6.45) is 4.80. The second-order valence-corrected chi connectivity index (χ2v) is 8.95. The number of carbonyl (C=O) groups is 3. The third-order valence-electron chi connectivity index (χ3n) is 5.67. The Balaban J connectivity index is 1.49. The van der Waals surface area contributed by atoms with Crippen LogP contribution in [0.2, 0.25) is 5.02 Å². The summed E-state index contributed by atoms with van der Waals surface area (Å²) in [6, 6.07) is 30.0. The minimum Gasteiger partial charge on any atom is -0.321 e. The standard InChI is InChI=1S/C32H25ClN2O3/c1-22-11-13-23(14-12-22)15-20-30(36)24-16-18-27(19-17-24)34-32(38)29(21-26-9-5-6-10-28(26)33)35-31(37)25-7-3-2-4-8-25/h2-21H,1H3,(H,34,38)(H,35,37)/b20-15+,29-21-. The van der Waals surface area contributed by atoms with Crippen LogP contribution in [-0.4, -0.2) is 17.6 Å². The molecule has 2 N–H and O–H groups in total. The van der Waals surface area contributed by atoms with Crippen LogP contribution < -0.4 is 10.6 Å². The number of amides is 2. The molecular formula is C32H25ClN2O3. The van der Waals surface area contributed by atoms with Gasteiger partial charge in [0.1, 0.15) is 5.70 Å². The van der Waals surface area contributed by atoms with Gasteiger partial charge in [0.25, 0.3) is 11.8 Å². The summed E-state index contributed by atoms with van der Waals surface area (Å²) in [7, 11) is 0. The van der Waals surface area contributed by atoms with Gasteiger partial charge in [0, 0.05) is 21.8 Å². The van der Waals surface area contributed by atoms with E-state index in [0.29, 0.717) is 27.4 Å². The fourth-order valence-corrected chi connectivity index (χ4v) is 3.74. The van der Waals surface area contributed by atoms with E-state index in [-0.39, 0.29) is 11.5 Å². The van der Waals surface area contributed by atoms with Crippen molar-refractivity contribution in [2.45, 2.75) is 6.92 Å². The van der Waals surface area contributed by atoms with E-state index in [1.807, 2.05) is 31.2 Å². The molecule has 4 rings (SSSR count). The molecule has 0 aliphatic rings. The number of aryl methyl sites for hydroxylation is 1. The van der Waals surface area contributed by atoms with Crippen molar-refractivity contribution in [3.05, 3.63) is 148 Å². The van der Waals surface area contributed by atoms with E-state index in [1.54, 1.807) is 84.9 Å². The van der Waals surface area contributed by atoms with Crippen LogP contribution in [0.15, 0.2) is 115 Å². The van der Waals surface area contributed by atoms with Gasteiger partial charge in [-0.1, -0.05) is 83.9 Å². The molecule has 38 heavy (non-hydrogen) atoms. The highest BCUT2D eigenvalue weighted by Crippen LogP contribution is 2.19. The van der Waals surface area contributed by atoms with Crippen LogP contribution in [0.1, 0.15) is 37.4 Å². The van der Waals surface area contributed by atoms with Crippen LogP contribution in [0, 0.1) is 6.92 Å². The lowest BCUT2D eigenvalue weighted by molar-refractivity contribution is -0.113. The number of benzene rings is 4. The number of ketones is 1. The van der Waals surface area contributed by atoms with E-state index in [0.717, 1.165) is 11.1 Å². The quantitative estimate of drug-likeness (QED) is 0.195. The van der Waals surface area contributed by atoms with Gasteiger partial charge in [-0.2, -0.15) is 0 Å². The van der Waals surface area contributed by atoms with Crippen LogP contribution >= 0.6 is 11.6 Å². The zero-order chi connectivity index (χ0) is 26.9. The van der Waals surface area contributed by atoms with E-state index >= 15 is 0 Å². The maximum atomic E-state index is 13.2. The number of nitrogens with one attached hydrogen (secondary N) is 2. The SMILES string of the molecule is Cc1ccc(/C=C/C(=O)c2ccc(NC(=O)/C(=C/c3ccccc3Cl)NC(=O)c3ccccc3)cc2)cc1. The summed E-state index contributed by atoms with van der Waals surface area (Å²) in [5, 5.41) is 5.89. The lowest BCUT2D eigenvalue weighted by atomic mass is 10.1. The summed E-state index contributed by atoms with van der Waals surface area (Å²) < 4.78 is 0. The molecule has 0 saturated heterocycles. The van der Waals surface area contributed by atoms with Gasteiger partial charge in [0.05, 0.1) is 0 Å². The van der Waals surface area contributed by atoms with Gasteiger partial charge in [-0.25, -0.2) is 0 Å². The van der Waals surface area contributed by atoms with Crippen LogP contribution in [0.5, 0.6) is 0 Å². The van der Waals surface area contributed by atoms with Crippen LogP contribution in [0.25, 0.3) is 12.2 Å². The first-order valence-electron chi connectivity index (χ1n) is 11.9. The molecule has 0 spiro atoms. The lowest BCUT2D eigenvalue weighted by Crippen LogP contribution is -2.30. The highest BCUT2D eigenvalue weighted by molar-refractivity contribution is 6.32. The van der Waals surface area contributed by atoms with Crippen molar-refractivity contribution in [3.8, 4) is 0 Å². The first kappa shape index (κ1) is 26.3. The Labute approximate surface area is 226 Å². The first-order valence-corrected chi connectivity index (χ1v) is 12.3. The average molecular weight is 521 g/mol. The molecule has 4 aromatic carbocycles. The summed E-state index contributed by atoms with van der Waals surface area (Å²) in [5.41, 5.74) is 4.04. The maximum absolute atomic E-state index is 13.2. The van der Waals surface area contributed by atoms with Crippen molar-refractivity contribution in [3.63, 3.8) is 0 Å². The molecule has 0 aliphatic carbocycles. The largest absolute Gasteiger partial charge is 0.321 e. The highest BCUT2D eigenvalue weighted by Gasteiger charge is 2.16. The molecule has 0 unspecified atom stereocenters. The van der Waals surface area contributed by atoms with Gasteiger partial charge >= 0.3 is 0 Å². The Kier molecular flexibility index (Phi) is 8.65. The van der Waals surface area contributed by atoms with Crippen molar-refractivity contribution in [1.82, 2.24) is 5.32 Å². The molecule has 0 saturated carbocycles. The molecule has 0 heterocycles. The third kappa shape index (κ3) is 7.15. The molecule has 2 amide bonds. The van der Waals surface area contributed by atoms with Gasteiger partial charge in [0.15, 0.2) is 5.78 Å². The predicted molar refractivity (Wildman–Crippen MR) is 153 cm³/mol. The molecule has 5 nitrogen and oxygen atoms in total. The van der Waals surface area contributed by atoms with E-state index in [2.05, 4.69) is 10.6 Å². The minimum absolute atomic E-state index is 0.0214. The van der Waals surface area contributed by atoms with E-state index in [4.69, 9.17) is 11.6 Å². The number of rotatable bonds is 8. The topological polar surface area (TPSA) is 75.3 Å². The molecule has 0 fully saturated rings. The van der Waals surface area contributed by atoms with E-state index < -0.39 is 11.8 Å². The lowest BCUT2D eigenvalue weighted by Gasteiger charge is -2.12. The fraction of sp³-hybridized carbons (Fsp3) is 0.0312. The minimum atomic E-state index is -0.535. The van der Waals surface area contributed by atoms with Gasteiger partial charge in [0.2, 0.25) is 0 Å². The molecule has 0 aliphatic heterocycles. The molecule has 0 atom stereocenters. The number of carbonyl (C=O) groups excluding carboxylic acids is 3. The molecule has 4 aromatic rings. The number of allylic oxidation sites excluding steroid dienone is 1. The average Bonchev–Trinajstić information content (AvgIpc) is 2.94. The van der Waals surface area contributed by atoms with Gasteiger partial charge < -0.3 is 10.6 Å². The van der Waals surface area contributed by atoms with Crippen molar-refractivity contribution < 1.29 is 14.4 Å². The summed E-state index contributed by atoms with van der Waals surface area (Å²) in [5.74, 6) is -1.12. The Morgan fingerprint density at radius 2 is 1.39 bits per heavy atom. The van der Waals surface area contributed by atoms with Crippen molar-refractivity contribution in [1.29, 1.82) is 0 Å². The number of hydrogen-bond donors (Lipinski definition) is 2. The fourth-order valence-electron chi connectivity index (χ4n) is 3.55. The molecule has 0 radical (unpaired) electrons. The molecule has 0 bridgehead atoms. The number of halogens is 1. The van der Waals surface area contributed by atoms with Crippen LogP contribution in [0.3, 0.4) is 0 Å². The molecule has 188 valence electrons. The smallest absolute Gasteiger partial charge is 0.272 e. The number of anilines is 1. The Morgan fingerprint density at radius 1 is 0.737 bits per heavy atom. The second kappa shape index (κ2) is 12.5. The van der Waals surface area contributed by atoms with Gasteiger partial charge in [-0.3, -0.25) is 14.4 Å². The zero-order valence-electron chi connectivity index (χ0n) is 20.6. The number of hydrogen-bond acceptors (Lipinski definition) is 3. The second-order valence-electron chi connectivity index (χ2n) is 8.54. The van der Waals surface area contributed by atoms with E-state index in [1.165, 1.54) is 12.2 Å². The summed E-state index contributed by atoms with van der Waals surface area (Å²) in [6.45, 7) is 2.01. The maximum Gasteiger partial charge on any atom is 0.272 e. The predicted octanol–water partition coefficient (Wildman–Crippen LogP) is 6.95. The normalized spacial score (nSPS) is 11.3. The van der Waals surface area contributed by atoms with Gasteiger partial charge in [-0.15, -0.1) is 0 Å². The van der Waals surface area contributed by atoms with Crippen molar-refractivity contribution in [2.24, 2.45) is 0 Å². The van der Waals surface area contributed by atoms with Crippen LogP contribution in [0.4, 0.5) is 5.69 Å². The van der Waals surface area contributed by atoms with Crippen molar-refractivity contribution in [2.75, 3.05) is 5.32 Å². The molecule has 6 heteroatoms. The van der Waals surface area contributed by atoms with Crippen LogP contribution in [-0.2, 0) is 4.79 Å². The molecule has 0 aromatic heterocycles. The first-order chi connectivity index (χ1) is 18.4. The monoisotopic (exact) mass is 520 g/mol. The highest BCUT2D eigenvalue weighted by atomic mass is 35.5. The molecular weight excluding hydrogens is 496 g/mol. The summed E-state index contributed by atoms with van der Waals surface area (Å²) in [4.78, 5) is 38.5. The third-order valence-corrected chi connectivity index (χ3v) is 6.01. The Bertz CT molecular complexity index is 1510.